The summed E-state index contributed by atoms with van der Waals surface area (Å²) in [6.07, 6.45) is 3.64. The van der Waals surface area contributed by atoms with Crippen molar-refractivity contribution in [3.8, 4) is 0 Å². The molecule has 0 radical (unpaired) electrons. The Kier molecular flexibility index (Phi) is 7.32. The van der Waals surface area contributed by atoms with Crippen LogP contribution in [0.1, 0.15) is 47.3 Å². The lowest BCUT2D eigenvalue weighted by molar-refractivity contribution is 0.0917. The van der Waals surface area contributed by atoms with Gasteiger partial charge in [0.1, 0.15) is 11.5 Å². The molecular weight excluding hydrogens is 514 g/mol. The highest BCUT2D eigenvalue weighted by Crippen LogP contribution is 2.33. The third kappa shape index (κ3) is 5.48. The second-order valence-electron chi connectivity index (χ2n) is 10.6. The lowest BCUT2D eigenvalue weighted by Gasteiger charge is -2.27. The molecule has 40 heavy (non-hydrogen) atoms. The molecule has 1 aliphatic rings. The largest absolute Gasteiger partial charge is 0.384 e. The number of nitrogens with zero attached hydrogens (tertiary/aromatic N) is 1. The fourth-order valence-electron chi connectivity index (χ4n) is 5.65. The van der Waals surface area contributed by atoms with Crippen LogP contribution in [-0.4, -0.2) is 28.4 Å². The molecular formula is C33H33N5OS. The molecule has 6 rings (SSSR count). The molecule has 0 bridgehead atoms. The van der Waals surface area contributed by atoms with E-state index in [9.17, 15) is 4.79 Å². The van der Waals surface area contributed by atoms with Gasteiger partial charge in [-0.1, -0.05) is 66.4 Å². The molecule has 6 nitrogen and oxygen atoms in total. The zero-order chi connectivity index (χ0) is 27.6. The van der Waals surface area contributed by atoms with E-state index >= 15 is 0 Å². The van der Waals surface area contributed by atoms with Gasteiger partial charge in [0, 0.05) is 44.9 Å². The Morgan fingerprint density at radius 1 is 0.875 bits per heavy atom. The van der Waals surface area contributed by atoms with Gasteiger partial charge < -0.3 is 21.4 Å². The van der Waals surface area contributed by atoms with E-state index in [-0.39, 0.29) is 23.8 Å². The number of nitrogens with two attached hydrogens (primary N) is 2. The van der Waals surface area contributed by atoms with Crippen molar-refractivity contribution in [2.75, 3.05) is 0 Å². The topological polar surface area (TPSA) is 110 Å². The lowest BCUT2D eigenvalue weighted by Crippen LogP contribution is -2.41. The molecule has 1 heterocycles. The minimum absolute atomic E-state index is 0.00547. The zero-order valence-electron chi connectivity index (χ0n) is 22.3. The monoisotopic (exact) mass is 547 g/mol. The van der Waals surface area contributed by atoms with Crippen molar-refractivity contribution in [1.29, 1.82) is 5.41 Å². The van der Waals surface area contributed by atoms with E-state index in [1.54, 1.807) is 11.8 Å². The molecule has 0 spiro atoms. The lowest BCUT2D eigenvalue weighted by atomic mass is 9.92. The van der Waals surface area contributed by atoms with Crippen molar-refractivity contribution in [3.05, 3.63) is 108 Å². The molecule has 0 saturated heterocycles. The predicted octanol–water partition coefficient (Wildman–Crippen LogP) is 6.28. The number of hydrogen-bond donors (Lipinski definition) is 4. The maximum absolute atomic E-state index is 13.7. The number of aromatic nitrogens is 1. The molecule has 4 aromatic carbocycles. The molecule has 1 fully saturated rings. The van der Waals surface area contributed by atoms with Crippen LogP contribution in [0.4, 0.5) is 0 Å². The Morgan fingerprint density at radius 3 is 2.40 bits per heavy atom. The minimum atomic E-state index is -0.0832. The number of nitrogen functional groups attached to an aromatic ring is 1. The van der Waals surface area contributed by atoms with Crippen LogP contribution in [0.25, 0.3) is 21.7 Å². The average Bonchev–Trinajstić information content (AvgIpc) is 3.32. The first kappa shape index (κ1) is 26.2. The fourth-order valence-corrected chi connectivity index (χ4v) is 6.60. The van der Waals surface area contributed by atoms with E-state index in [0.29, 0.717) is 17.8 Å². The molecule has 6 N–H and O–H groups in total. The van der Waals surface area contributed by atoms with Crippen molar-refractivity contribution in [1.82, 2.24) is 9.88 Å². The van der Waals surface area contributed by atoms with E-state index in [1.165, 1.54) is 4.90 Å². The van der Waals surface area contributed by atoms with E-state index in [0.717, 1.165) is 57.8 Å². The zero-order valence-corrected chi connectivity index (χ0v) is 23.1. The fraction of sp³-hybridized carbons (Fsp3) is 0.212. The Hall–Kier alpha value is -4.07. The number of nitrogens with one attached hydrogen (secondary N) is 2. The second-order valence-corrected chi connectivity index (χ2v) is 11.8. The van der Waals surface area contributed by atoms with Crippen molar-refractivity contribution in [2.24, 2.45) is 11.5 Å². The van der Waals surface area contributed by atoms with Crippen LogP contribution in [-0.2, 0) is 6.54 Å². The molecule has 1 aromatic heterocycles. The predicted molar refractivity (Wildman–Crippen MR) is 164 cm³/mol. The number of carbonyl (C=O) groups is 1. The second kappa shape index (κ2) is 11.2. The van der Waals surface area contributed by atoms with E-state index in [2.05, 4.69) is 58.4 Å². The smallest absolute Gasteiger partial charge is 0.268 e. The van der Waals surface area contributed by atoms with Crippen LogP contribution >= 0.6 is 11.8 Å². The Labute approximate surface area is 238 Å². The first-order valence-corrected chi connectivity index (χ1v) is 14.5. The number of amides is 1. The molecule has 0 unspecified atom stereocenters. The van der Waals surface area contributed by atoms with Crippen molar-refractivity contribution < 1.29 is 4.79 Å². The van der Waals surface area contributed by atoms with Crippen LogP contribution in [0.2, 0.25) is 0 Å². The SMILES string of the molecule is N=C(N)c1ccc2cc(C(=O)N[C@H]3CC[C@H](N)CC3)n(Cc3cc(Sc4ccccc4)cc4ccccc34)c2c1. The molecule has 1 amide bonds. The summed E-state index contributed by atoms with van der Waals surface area (Å²) in [7, 11) is 0. The maximum Gasteiger partial charge on any atom is 0.268 e. The van der Waals surface area contributed by atoms with Gasteiger partial charge in [-0.05, 0) is 78.4 Å². The molecule has 1 aliphatic carbocycles. The van der Waals surface area contributed by atoms with E-state index in [1.807, 2.05) is 42.5 Å². The van der Waals surface area contributed by atoms with Crippen molar-refractivity contribution in [2.45, 2.75) is 54.1 Å². The van der Waals surface area contributed by atoms with Crippen molar-refractivity contribution in [3.63, 3.8) is 0 Å². The summed E-state index contributed by atoms with van der Waals surface area (Å²) in [5.74, 6) is -0.0777. The quantitative estimate of drug-likeness (QED) is 0.142. The van der Waals surface area contributed by atoms with Gasteiger partial charge in [-0.25, -0.2) is 0 Å². The normalized spacial score (nSPS) is 17.2. The summed E-state index contributed by atoms with van der Waals surface area (Å²) in [6, 6.07) is 31.2. The van der Waals surface area contributed by atoms with Gasteiger partial charge in [0.05, 0.1) is 0 Å². The third-order valence-corrected chi connectivity index (χ3v) is 8.76. The number of hydrogen-bond acceptors (Lipinski definition) is 4. The van der Waals surface area contributed by atoms with Gasteiger partial charge in [-0.2, -0.15) is 0 Å². The first-order chi connectivity index (χ1) is 19.4. The number of amidine groups is 1. The summed E-state index contributed by atoms with van der Waals surface area (Å²) < 4.78 is 2.07. The van der Waals surface area contributed by atoms with Crippen LogP contribution in [0, 0.1) is 5.41 Å². The Balaban J connectivity index is 1.43. The highest BCUT2D eigenvalue weighted by molar-refractivity contribution is 7.99. The summed E-state index contributed by atoms with van der Waals surface area (Å²) in [5.41, 5.74) is 15.2. The van der Waals surface area contributed by atoms with Crippen LogP contribution in [0.5, 0.6) is 0 Å². The number of benzene rings is 4. The molecule has 0 aliphatic heterocycles. The summed E-state index contributed by atoms with van der Waals surface area (Å²) in [4.78, 5) is 16.0. The van der Waals surface area contributed by atoms with Gasteiger partial charge in [0.15, 0.2) is 0 Å². The van der Waals surface area contributed by atoms with Gasteiger partial charge >= 0.3 is 0 Å². The summed E-state index contributed by atoms with van der Waals surface area (Å²) >= 11 is 1.73. The Bertz CT molecular complexity index is 1700. The van der Waals surface area contributed by atoms with Gasteiger partial charge in [-0.3, -0.25) is 10.2 Å². The molecule has 202 valence electrons. The molecule has 1 saturated carbocycles. The van der Waals surface area contributed by atoms with Gasteiger partial charge in [0.25, 0.3) is 5.91 Å². The summed E-state index contributed by atoms with van der Waals surface area (Å²) in [6.45, 7) is 0.507. The van der Waals surface area contributed by atoms with Crippen LogP contribution in [0.3, 0.4) is 0 Å². The molecule has 5 aromatic rings. The highest BCUT2D eigenvalue weighted by Gasteiger charge is 2.23. The van der Waals surface area contributed by atoms with Crippen LogP contribution in [0.15, 0.2) is 101 Å². The maximum atomic E-state index is 13.7. The molecule has 0 atom stereocenters. The van der Waals surface area contributed by atoms with E-state index in [4.69, 9.17) is 16.9 Å². The number of rotatable bonds is 7. The number of fused-ring (bicyclic) bond motifs is 2. The van der Waals surface area contributed by atoms with Gasteiger partial charge in [-0.15, -0.1) is 0 Å². The first-order valence-electron chi connectivity index (χ1n) is 13.7. The molecule has 7 heteroatoms. The third-order valence-electron chi connectivity index (χ3n) is 7.78. The Morgan fingerprint density at radius 2 is 1.62 bits per heavy atom. The van der Waals surface area contributed by atoms with Crippen LogP contribution < -0.4 is 16.8 Å². The van der Waals surface area contributed by atoms with Crippen molar-refractivity contribution >= 4 is 45.2 Å². The average molecular weight is 548 g/mol. The summed E-state index contributed by atoms with van der Waals surface area (Å²) in [5, 5.41) is 14.5. The van der Waals surface area contributed by atoms with Gasteiger partial charge in [0.2, 0.25) is 0 Å². The standard InChI is InChI=1S/C33H33N5OS/c34-25-12-14-26(15-13-25)37-33(39)31-18-22-10-11-23(32(35)36)19-30(22)38(31)20-24-17-28(40-27-7-2-1-3-8-27)16-21-6-4-5-9-29(21)24/h1-11,16-19,25-26H,12-15,20,34H2,(H3,35,36)(H,37,39)/t25-,26-. The highest BCUT2D eigenvalue weighted by atomic mass is 32.2. The minimum Gasteiger partial charge on any atom is -0.384 e. The number of carbonyl (C=O) groups excluding carboxylic acids is 1. The van der Waals surface area contributed by atoms with E-state index < -0.39 is 0 Å².